The summed E-state index contributed by atoms with van der Waals surface area (Å²) in [5, 5.41) is 22.5. The minimum Gasteiger partial charge on any atom is -0.493 e. The molecule has 7 nitrogen and oxygen atoms in total. The molecule has 2 rings (SSSR count). The van der Waals surface area contributed by atoms with Crippen molar-refractivity contribution in [2.75, 3.05) is 14.2 Å². The van der Waals surface area contributed by atoms with Gasteiger partial charge in [0.15, 0.2) is 5.75 Å². The summed E-state index contributed by atoms with van der Waals surface area (Å²) in [7, 11) is 3.05. The molecule has 0 bridgehead atoms. The van der Waals surface area contributed by atoms with E-state index in [-0.39, 0.29) is 6.04 Å². The van der Waals surface area contributed by atoms with Gasteiger partial charge in [-0.25, -0.2) is 0 Å². The van der Waals surface area contributed by atoms with E-state index >= 15 is 0 Å². The number of aromatic nitrogens is 4. The van der Waals surface area contributed by atoms with Crippen molar-refractivity contribution in [2.45, 2.75) is 26.0 Å². The highest BCUT2D eigenvalue weighted by Crippen LogP contribution is 2.30. The number of hydrogen-bond donors (Lipinski definition) is 1. The number of nitrogens with zero attached hydrogens (tertiary/aromatic N) is 4. The summed E-state index contributed by atoms with van der Waals surface area (Å²) in [5.74, 6) is 0.911. The summed E-state index contributed by atoms with van der Waals surface area (Å²) in [5.41, 5.74) is 0.966. The van der Waals surface area contributed by atoms with Crippen LogP contribution >= 0.6 is 0 Å². The van der Waals surface area contributed by atoms with Gasteiger partial charge in [-0.2, -0.15) is 5.10 Å². The number of rotatable bonds is 5. The minimum absolute atomic E-state index is 0.0924. The first-order chi connectivity index (χ1) is 9.58. The van der Waals surface area contributed by atoms with Crippen LogP contribution in [0, 0.1) is 0 Å². The molecule has 2 aromatic rings. The molecule has 1 N–H and O–H groups in total. The Morgan fingerprint density at radius 2 is 1.90 bits per heavy atom. The predicted octanol–water partition coefficient (Wildman–Crippen LogP) is 1.35. The number of ether oxygens (including phenoxy) is 2. The number of aliphatic hydroxyl groups is 1. The van der Waals surface area contributed by atoms with Crippen molar-refractivity contribution in [1.29, 1.82) is 0 Å². The molecule has 0 aromatic carbocycles. The molecule has 2 heterocycles. The summed E-state index contributed by atoms with van der Waals surface area (Å²) in [6.45, 7) is 3.95. The average molecular weight is 278 g/mol. The molecule has 0 saturated heterocycles. The van der Waals surface area contributed by atoms with Gasteiger partial charge in [0, 0.05) is 12.1 Å². The van der Waals surface area contributed by atoms with Crippen LogP contribution in [0.2, 0.25) is 0 Å². The summed E-state index contributed by atoms with van der Waals surface area (Å²) in [6, 6.07) is 3.40. The summed E-state index contributed by atoms with van der Waals surface area (Å²) in [6.07, 6.45) is 0.614. The van der Waals surface area contributed by atoms with Crippen molar-refractivity contribution < 1.29 is 14.6 Å². The number of hydrogen-bond acceptors (Lipinski definition) is 6. The molecule has 0 aliphatic rings. The molecule has 1 unspecified atom stereocenters. The molecular weight excluding hydrogens is 260 g/mol. The Bertz CT molecular complexity index is 565. The fourth-order valence-corrected chi connectivity index (χ4v) is 1.91. The third-order valence-corrected chi connectivity index (χ3v) is 2.92. The van der Waals surface area contributed by atoms with Gasteiger partial charge < -0.3 is 14.6 Å². The van der Waals surface area contributed by atoms with Crippen LogP contribution in [0.25, 0.3) is 0 Å². The molecule has 1 atom stereocenters. The van der Waals surface area contributed by atoms with Crippen LogP contribution in [-0.2, 0) is 0 Å². The average Bonchev–Trinajstić information content (AvgIpc) is 2.90. The Morgan fingerprint density at radius 1 is 1.15 bits per heavy atom. The van der Waals surface area contributed by atoms with Crippen LogP contribution in [0.5, 0.6) is 11.6 Å². The lowest BCUT2D eigenvalue weighted by Crippen LogP contribution is -2.14. The normalized spacial score (nSPS) is 12.5. The summed E-state index contributed by atoms with van der Waals surface area (Å²) in [4.78, 5) is 0. The monoisotopic (exact) mass is 278 g/mol. The highest BCUT2D eigenvalue weighted by molar-refractivity contribution is 5.32. The van der Waals surface area contributed by atoms with Gasteiger partial charge in [0.1, 0.15) is 11.8 Å². The van der Waals surface area contributed by atoms with E-state index in [4.69, 9.17) is 9.47 Å². The van der Waals surface area contributed by atoms with Gasteiger partial charge in [-0.15, -0.1) is 10.2 Å². The molecule has 0 aliphatic heterocycles. The molecule has 2 aromatic heterocycles. The highest BCUT2D eigenvalue weighted by atomic mass is 16.5. The Labute approximate surface area is 117 Å². The molecule has 0 radical (unpaired) electrons. The maximum atomic E-state index is 10.5. The fourth-order valence-electron chi connectivity index (χ4n) is 1.91. The van der Waals surface area contributed by atoms with E-state index in [1.165, 1.54) is 14.2 Å². The standard InChI is InChI=1S/C13H18N4O3/c1-8(2)17-12(10(19-3)7-14-17)13(18)9-5-6-11(20-4)16-15-9/h5-8,13,18H,1-4H3. The first-order valence-electron chi connectivity index (χ1n) is 6.25. The van der Waals surface area contributed by atoms with E-state index in [2.05, 4.69) is 15.3 Å². The fraction of sp³-hybridized carbons (Fsp3) is 0.462. The van der Waals surface area contributed by atoms with E-state index in [1.54, 1.807) is 23.0 Å². The number of methoxy groups -OCH3 is 2. The SMILES string of the molecule is COc1ccc(C(O)c2c(OC)cnn2C(C)C)nn1. The van der Waals surface area contributed by atoms with Crippen molar-refractivity contribution in [1.82, 2.24) is 20.0 Å². The van der Waals surface area contributed by atoms with Gasteiger partial charge in [0.2, 0.25) is 5.88 Å². The molecule has 20 heavy (non-hydrogen) atoms. The van der Waals surface area contributed by atoms with Crippen molar-refractivity contribution in [2.24, 2.45) is 0 Å². The van der Waals surface area contributed by atoms with Crippen LogP contribution in [-0.4, -0.2) is 39.3 Å². The Balaban J connectivity index is 2.40. The van der Waals surface area contributed by atoms with Gasteiger partial charge in [0.05, 0.1) is 26.1 Å². The Morgan fingerprint density at radius 3 is 2.40 bits per heavy atom. The maximum absolute atomic E-state index is 10.5. The molecule has 7 heteroatoms. The molecule has 108 valence electrons. The molecule has 0 fully saturated rings. The second kappa shape index (κ2) is 5.87. The van der Waals surface area contributed by atoms with Crippen molar-refractivity contribution in [3.63, 3.8) is 0 Å². The van der Waals surface area contributed by atoms with Crippen molar-refractivity contribution in [3.8, 4) is 11.6 Å². The molecule has 0 spiro atoms. The van der Waals surface area contributed by atoms with Gasteiger partial charge in [-0.3, -0.25) is 4.68 Å². The highest BCUT2D eigenvalue weighted by Gasteiger charge is 2.24. The van der Waals surface area contributed by atoms with Crippen LogP contribution in [0.4, 0.5) is 0 Å². The van der Waals surface area contributed by atoms with Crippen LogP contribution < -0.4 is 9.47 Å². The molecular formula is C13H18N4O3. The lowest BCUT2D eigenvalue weighted by Gasteiger charge is -2.16. The zero-order valence-electron chi connectivity index (χ0n) is 11.9. The van der Waals surface area contributed by atoms with Gasteiger partial charge >= 0.3 is 0 Å². The lowest BCUT2D eigenvalue weighted by molar-refractivity contribution is 0.193. The maximum Gasteiger partial charge on any atom is 0.233 e. The first-order valence-corrected chi connectivity index (χ1v) is 6.25. The van der Waals surface area contributed by atoms with Gasteiger partial charge in [-0.1, -0.05) is 0 Å². The quantitative estimate of drug-likeness (QED) is 0.889. The summed E-state index contributed by atoms with van der Waals surface area (Å²) >= 11 is 0. The number of aliphatic hydroxyl groups excluding tert-OH is 1. The predicted molar refractivity (Wildman–Crippen MR) is 71.8 cm³/mol. The molecule has 0 saturated carbocycles. The van der Waals surface area contributed by atoms with Crippen molar-refractivity contribution >= 4 is 0 Å². The van der Waals surface area contributed by atoms with Crippen molar-refractivity contribution in [3.05, 3.63) is 29.7 Å². The van der Waals surface area contributed by atoms with E-state index < -0.39 is 6.10 Å². The third-order valence-electron chi connectivity index (χ3n) is 2.92. The summed E-state index contributed by atoms with van der Waals surface area (Å²) < 4.78 is 11.9. The first kappa shape index (κ1) is 14.3. The van der Waals surface area contributed by atoms with Crippen LogP contribution in [0.3, 0.4) is 0 Å². The van der Waals surface area contributed by atoms with Gasteiger partial charge in [-0.05, 0) is 19.9 Å². The lowest BCUT2D eigenvalue weighted by atomic mass is 10.1. The Hall–Kier alpha value is -2.15. The molecule has 0 amide bonds. The second-order valence-electron chi connectivity index (χ2n) is 4.54. The smallest absolute Gasteiger partial charge is 0.233 e. The topological polar surface area (TPSA) is 82.3 Å². The third kappa shape index (κ3) is 2.57. The zero-order chi connectivity index (χ0) is 14.7. The second-order valence-corrected chi connectivity index (χ2v) is 4.54. The Kier molecular flexibility index (Phi) is 4.19. The zero-order valence-corrected chi connectivity index (χ0v) is 11.9. The van der Waals surface area contributed by atoms with Crippen LogP contribution in [0.1, 0.15) is 37.4 Å². The van der Waals surface area contributed by atoms with E-state index in [1.807, 2.05) is 13.8 Å². The minimum atomic E-state index is -0.965. The van der Waals surface area contributed by atoms with E-state index in [0.717, 1.165) is 0 Å². The van der Waals surface area contributed by atoms with Crippen LogP contribution in [0.15, 0.2) is 18.3 Å². The van der Waals surface area contributed by atoms with E-state index in [0.29, 0.717) is 23.0 Å². The largest absolute Gasteiger partial charge is 0.493 e. The molecule has 0 aliphatic carbocycles. The van der Waals surface area contributed by atoms with Gasteiger partial charge in [0.25, 0.3) is 0 Å². The van der Waals surface area contributed by atoms with E-state index in [9.17, 15) is 5.11 Å².